The molecule has 0 aliphatic carbocycles. The van der Waals surface area contributed by atoms with Crippen molar-refractivity contribution in [1.29, 1.82) is 0 Å². The number of nitrogens with zero attached hydrogens (tertiary/aromatic N) is 4. The molecule has 0 saturated heterocycles. The summed E-state index contributed by atoms with van der Waals surface area (Å²) in [7, 11) is 1.59. The van der Waals surface area contributed by atoms with Crippen LogP contribution in [-0.2, 0) is 24.3 Å². The van der Waals surface area contributed by atoms with Gasteiger partial charge in [-0.1, -0.05) is 18.2 Å². The van der Waals surface area contributed by atoms with Gasteiger partial charge in [0.15, 0.2) is 0 Å². The van der Waals surface area contributed by atoms with Crippen molar-refractivity contribution in [2.24, 2.45) is 0 Å². The van der Waals surface area contributed by atoms with Crippen molar-refractivity contribution in [3.8, 4) is 0 Å². The van der Waals surface area contributed by atoms with Crippen LogP contribution in [0.2, 0.25) is 0 Å². The molecule has 36 heavy (non-hydrogen) atoms. The lowest BCUT2D eigenvalue weighted by Gasteiger charge is -2.34. The second-order valence-electron chi connectivity index (χ2n) is 8.78. The van der Waals surface area contributed by atoms with Crippen LogP contribution in [0.4, 0.5) is 5.69 Å². The highest BCUT2D eigenvalue weighted by Gasteiger charge is 2.37. The predicted molar refractivity (Wildman–Crippen MR) is 135 cm³/mol. The van der Waals surface area contributed by atoms with E-state index in [1.54, 1.807) is 30.5 Å². The number of carbonyl (C=O) groups is 2. The summed E-state index contributed by atoms with van der Waals surface area (Å²) >= 11 is 0. The summed E-state index contributed by atoms with van der Waals surface area (Å²) in [6, 6.07) is 13.1. The van der Waals surface area contributed by atoms with E-state index in [1.165, 1.54) is 0 Å². The quantitative estimate of drug-likeness (QED) is 0.306. The van der Waals surface area contributed by atoms with Crippen LogP contribution in [-0.4, -0.2) is 55.0 Å². The highest BCUT2D eigenvalue weighted by Crippen LogP contribution is 2.31. The Morgan fingerprint density at radius 1 is 1.11 bits per heavy atom. The average molecular weight is 481 g/mol. The molecule has 1 aliphatic rings. The van der Waals surface area contributed by atoms with Crippen LogP contribution in [0.25, 0.3) is 21.9 Å². The second-order valence-corrected chi connectivity index (χ2v) is 8.78. The van der Waals surface area contributed by atoms with Gasteiger partial charge in [-0.3, -0.25) is 24.7 Å². The number of nitrogens with one attached hydrogen (secondary N) is 4. The molecule has 2 amide bonds. The number of para-hydroxylation sites is 1. The third-order valence-electron chi connectivity index (χ3n) is 6.70. The molecule has 0 spiro atoms. The van der Waals surface area contributed by atoms with E-state index in [-0.39, 0.29) is 11.8 Å². The van der Waals surface area contributed by atoms with Gasteiger partial charge in [-0.2, -0.15) is 5.10 Å². The van der Waals surface area contributed by atoms with Crippen molar-refractivity contribution >= 4 is 39.4 Å². The lowest BCUT2D eigenvalue weighted by molar-refractivity contribution is -0.125. The average Bonchev–Trinajstić information content (AvgIpc) is 3.54. The number of hydrogen-bond donors (Lipinski definition) is 4. The van der Waals surface area contributed by atoms with Crippen molar-refractivity contribution in [1.82, 2.24) is 35.4 Å². The van der Waals surface area contributed by atoms with Gasteiger partial charge in [-0.25, -0.2) is 0 Å². The number of carbonyl (C=O) groups excluding carboxylic acids is 2. The lowest BCUT2D eigenvalue weighted by Crippen LogP contribution is -2.52. The molecule has 4 heterocycles. The molecule has 0 radical (unpaired) electrons. The van der Waals surface area contributed by atoms with Gasteiger partial charge in [-0.05, 0) is 29.8 Å². The Morgan fingerprint density at radius 3 is 2.81 bits per heavy atom. The maximum Gasteiger partial charge on any atom is 0.273 e. The van der Waals surface area contributed by atoms with Crippen molar-refractivity contribution in [2.75, 3.05) is 12.4 Å². The molecule has 6 rings (SSSR count). The minimum absolute atomic E-state index is 0.198. The van der Waals surface area contributed by atoms with Crippen LogP contribution in [0, 0.1) is 0 Å². The summed E-state index contributed by atoms with van der Waals surface area (Å²) in [5, 5.41) is 14.1. The summed E-state index contributed by atoms with van der Waals surface area (Å²) in [5.41, 5.74) is 6.53. The number of aromatic nitrogens is 5. The van der Waals surface area contributed by atoms with E-state index in [0.29, 0.717) is 30.8 Å². The van der Waals surface area contributed by atoms with Gasteiger partial charge in [0.2, 0.25) is 5.91 Å². The lowest BCUT2D eigenvalue weighted by atomic mass is 9.95. The van der Waals surface area contributed by atoms with Crippen molar-refractivity contribution in [3.05, 3.63) is 83.6 Å². The van der Waals surface area contributed by atoms with E-state index in [0.717, 1.165) is 38.9 Å². The van der Waals surface area contributed by atoms with Crippen molar-refractivity contribution in [2.45, 2.75) is 25.6 Å². The Morgan fingerprint density at radius 2 is 1.94 bits per heavy atom. The van der Waals surface area contributed by atoms with Gasteiger partial charge in [0, 0.05) is 60.3 Å². The number of likely N-dealkylation sites (N-methyl/N-ethyl adjacent to an activating group) is 1. The fourth-order valence-corrected chi connectivity index (χ4v) is 4.87. The van der Waals surface area contributed by atoms with Gasteiger partial charge >= 0.3 is 0 Å². The van der Waals surface area contributed by atoms with Crippen LogP contribution in [0.15, 0.2) is 61.1 Å². The van der Waals surface area contributed by atoms with Crippen LogP contribution >= 0.6 is 0 Å². The summed E-state index contributed by atoms with van der Waals surface area (Å²) in [6.07, 6.45) is 5.38. The molecule has 10 heteroatoms. The van der Waals surface area contributed by atoms with Gasteiger partial charge in [0.05, 0.1) is 23.8 Å². The number of aromatic amines is 2. The topological polar surface area (TPSA) is 132 Å². The number of anilines is 1. The van der Waals surface area contributed by atoms with Gasteiger partial charge in [0.1, 0.15) is 11.7 Å². The van der Waals surface area contributed by atoms with Crippen LogP contribution in [0.5, 0.6) is 0 Å². The Labute approximate surface area is 206 Å². The Bertz CT molecular complexity index is 1600. The van der Waals surface area contributed by atoms with E-state index in [9.17, 15) is 9.59 Å². The van der Waals surface area contributed by atoms with Crippen LogP contribution in [0.3, 0.4) is 0 Å². The first-order valence-electron chi connectivity index (χ1n) is 11.7. The second kappa shape index (κ2) is 8.81. The SMILES string of the molecule is CNC(=O)C1Cc2c([nH]c3ccccc23)CN1C(=O)c1[nH]ncc1CNc1ccc2nccnc2c1. The molecule has 1 atom stereocenters. The molecule has 0 bridgehead atoms. The summed E-state index contributed by atoms with van der Waals surface area (Å²) in [5.74, 6) is -0.470. The summed E-state index contributed by atoms with van der Waals surface area (Å²) < 4.78 is 0. The zero-order valence-corrected chi connectivity index (χ0v) is 19.6. The Balaban J connectivity index is 1.27. The zero-order valence-electron chi connectivity index (χ0n) is 19.6. The smallest absolute Gasteiger partial charge is 0.273 e. The molecule has 180 valence electrons. The Kier molecular flexibility index (Phi) is 5.33. The molecular weight excluding hydrogens is 456 g/mol. The van der Waals surface area contributed by atoms with Crippen molar-refractivity contribution in [3.63, 3.8) is 0 Å². The highest BCUT2D eigenvalue weighted by atomic mass is 16.2. The summed E-state index contributed by atoms with van der Waals surface area (Å²) in [4.78, 5) is 40.3. The maximum absolute atomic E-state index is 13.7. The van der Waals surface area contributed by atoms with Crippen LogP contribution < -0.4 is 10.6 Å². The minimum atomic E-state index is -0.627. The molecule has 0 fully saturated rings. The molecule has 4 N–H and O–H groups in total. The first-order chi connectivity index (χ1) is 17.6. The minimum Gasteiger partial charge on any atom is -0.381 e. The monoisotopic (exact) mass is 480 g/mol. The molecule has 3 aromatic heterocycles. The zero-order chi connectivity index (χ0) is 24.6. The molecular formula is C26H24N8O2. The first-order valence-corrected chi connectivity index (χ1v) is 11.7. The number of benzene rings is 2. The molecule has 0 saturated carbocycles. The molecule has 1 aliphatic heterocycles. The van der Waals surface area contributed by atoms with E-state index in [2.05, 4.69) is 35.8 Å². The standard InChI is InChI=1S/C26H24N8O2/c1-27-25(35)23-11-18-17-4-2-3-5-19(17)32-22(18)14-34(23)26(36)24-15(13-31-33-24)12-30-16-6-7-20-21(10-16)29-9-8-28-20/h2-10,13,23,30,32H,11-12,14H2,1H3,(H,27,35)(H,31,33). The highest BCUT2D eigenvalue weighted by molar-refractivity contribution is 5.98. The van der Waals surface area contributed by atoms with E-state index in [4.69, 9.17) is 0 Å². The largest absolute Gasteiger partial charge is 0.381 e. The van der Waals surface area contributed by atoms with Crippen LogP contribution in [0.1, 0.15) is 27.3 Å². The number of rotatable bonds is 5. The fraction of sp³-hybridized carbons (Fsp3) is 0.192. The number of amides is 2. The number of hydrogen-bond acceptors (Lipinski definition) is 6. The fourth-order valence-electron chi connectivity index (χ4n) is 4.87. The van der Waals surface area contributed by atoms with Gasteiger partial charge < -0.3 is 20.5 Å². The van der Waals surface area contributed by atoms with E-state index in [1.807, 2.05) is 42.5 Å². The summed E-state index contributed by atoms with van der Waals surface area (Å²) in [6.45, 7) is 0.676. The molecule has 10 nitrogen and oxygen atoms in total. The third-order valence-corrected chi connectivity index (χ3v) is 6.70. The normalized spacial score (nSPS) is 15.1. The van der Waals surface area contributed by atoms with E-state index >= 15 is 0 Å². The predicted octanol–water partition coefficient (Wildman–Crippen LogP) is 2.76. The van der Waals surface area contributed by atoms with Gasteiger partial charge in [0.25, 0.3) is 5.91 Å². The Hall–Kier alpha value is -4.73. The molecule has 2 aromatic carbocycles. The van der Waals surface area contributed by atoms with Crippen molar-refractivity contribution < 1.29 is 9.59 Å². The van der Waals surface area contributed by atoms with E-state index < -0.39 is 6.04 Å². The molecule has 5 aromatic rings. The van der Waals surface area contributed by atoms with Gasteiger partial charge in [-0.15, -0.1) is 0 Å². The number of fused-ring (bicyclic) bond motifs is 4. The first kappa shape index (κ1) is 21.8. The molecule has 1 unspecified atom stereocenters. The number of H-pyrrole nitrogens is 2. The third kappa shape index (κ3) is 3.72. The maximum atomic E-state index is 13.7.